The van der Waals surface area contributed by atoms with Gasteiger partial charge in [-0.05, 0) is 56.4 Å². The number of nitrogens with one attached hydrogen (secondary N) is 2. The van der Waals surface area contributed by atoms with Gasteiger partial charge in [0.05, 0.1) is 12.1 Å². The van der Waals surface area contributed by atoms with E-state index in [1.807, 2.05) is 25.2 Å². The molecule has 4 nitrogen and oxygen atoms in total. The average Bonchev–Trinajstić information content (AvgIpc) is 2.61. The van der Waals surface area contributed by atoms with E-state index < -0.39 is 0 Å². The van der Waals surface area contributed by atoms with Crippen molar-refractivity contribution >= 4 is 36.4 Å². The van der Waals surface area contributed by atoms with Crippen molar-refractivity contribution in [3.63, 3.8) is 0 Å². The molecule has 0 amide bonds. The monoisotopic (exact) mass is 438 g/mol. The molecule has 0 heterocycles. The summed E-state index contributed by atoms with van der Waals surface area (Å²) in [7, 11) is 3.56. The van der Waals surface area contributed by atoms with Gasteiger partial charge in [-0.3, -0.25) is 0 Å². The van der Waals surface area contributed by atoms with Gasteiger partial charge < -0.3 is 20.1 Å². The molecule has 2 aromatic carbocycles. The second-order valence-corrected chi connectivity index (χ2v) is 6.05. The van der Waals surface area contributed by atoms with Crippen molar-refractivity contribution in [2.75, 3.05) is 27.2 Å². The maximum Gasteiger partial charge on any atom is 0.161 e. The Hall–Kier alpha value is -1.24. The Kier molecular flexibility index (Phi) is 13.2. The lowest BCUT2D eigenvalue weighted by Crippen LogP contribution is -2.19. The lowest BCUT2D eigenvalue weighted by Gasteiger charge is -2.13. The van der Waals surface area contributed by atoms with E-state index >= 15 is 0 Å². The molecule has 0 unspecified atom stereocenters. The normalized spacial score (nSPS) is 9.93. The minimum atomic E-state index is -0.363. The van der Waals surface area contributed by atoms with Crippen molar-refractivity contribution in [2.24, 2.45) is 0 Å². The highest BCUT2D eigenvalue weighted by Crippen LogP contribution is 2.29. The molecule has 0 bridgehead atoms. The molecule has 0 aliphatic heterocycles. The number of benzene rings is 2. The van der Waals surface area contributed by atoms with Crippen LogP contribution in [-0.4, -0.2) is 27.2 Å². The summed E-state index contributed by atoms with van der Waals surface area (Å²) in [6, 6.07) is 10.1. The van der Waals surface area contributed by atoms with Crippen molar-refractivity contribution in [1.29, 1.82) is 0 Å². The molecular formula is C19H26Cl3FN2O2. The van der Waals surface area contributed by atoms with E-state index in [1.54, 1.807) is 13.2 Å². The number of methoxy groups -OCH3 is 1. The first kappa shape index (κ1) is 25.8. The SMILES string of the molecule is CNCCCNCc1ccc(OCc2ccc(F)cc2Cl)c(OC)c1.Cl.Cl. The van der Waals surface area contributed by atoms with Gasteiger partial charge in [0, 0.05) is 12.1 Å². The fourth-order valence-corrected chi connectivity index (χ4v) is 2.58. The largest absolute Gasteiger partial charge is 0.493 e. The van der Waals surface area contributed by atoms with E-state index in [0.717, 1.165) is 37.2 Å². The predicted molar refractivity (Wildman–Crippen MR) is 113 cm³/mol. The molecule has 0 aliphatic carbocycles. The zero-order valence-corrected chi connectivity index (χ0v) is 17.8. The molecule has 0 fully saturated rings. The Labute approximate surface area is 177 Å². The van der Waals surface area contributed by atoms with Gasteiger partial charge in [0.1, 0.15) is 12.4 Å². The van der Waals surface area contributed by atoms with Gasteiger partial charge in [-0.15, -0.1) is 24.8 Å². The molecule has 2 N–H and O–H groups in total. The summed E-state index contributed by atoms with van der Waals surface area (Å²) in [4.78, 5) is 0. The Morgan fingerprint density at radius 2 is 1.81 bits per heavy atom. The zero-order valence-electron chi connectivity index (χ0n) is 15.4. The van der Waals surface area contributed by atoms with E-state index in [0.29, 0.717) is 16.5 Å². The second kappa shape index (κ2) is 13.9. The highest BCUT2D eigenvalue weighted by Gasteiger charge is 2.08. The molecule has 0 radical (unpaired) electrons. The molecular weight excluding hydrogens is 414 g/mol. The lowest BCUT2D eigenvalue weighted by atomic mass is 10.2. The van der Waals surface area contributed by atoms with Crippen LogP contribution < -0.4 is 20.1 Å². The minimum absolute atomic E-state index is 0. The fourth-order valence-electron chi connectivity index (χ4n) is 2.36. The van der Waals surface area contributed by atoms with E-state index in [9.17, 15) is 4.39 Å². The summed E-state index contributed by atoms with van der Waals surface area (Å²) in [5, 5.41) is 6.86. The van der Waals surface area contributed by atoms with Gasteiger partial charge >= 0.3 is 0 Å². The molecule has 0 atom stereocenters. The molecule has 2 aromatic rings. The number of halogens is 4. The molecule has 0 aromatic heterocycles. The van der Waals surface area contributed by atoms with Crippen LogP contribution in [0.5, 0.6) is 11.5 Å². The van der Waals surface area contributed by atoms with Crippen LogP contribution in [0.15, 0.2) is 36.4 Å². The van der Waals surface area contributed by atoms with E-state index in [1.165, 1.54) is 12.1 Å². The van der Waals surface area contributed by atoms with E-state index in [2.05, 4.69) is 10.6 Å². The third kappa shape index (κ3) is 8.54. The number of hydrogen-bond acceptors (Lipinski definition) is 4. The molecule has 0 aliphatic rings. The van der Waals surface area contributed by atoms with Crippen molar-refractivity contribution < 1.29 is 13.9 Å². The smallest absolute Gasteiger partial charge is 0.161 e. The summed E-state index contributed by atoms with van der Waals surface area (Å²) in [6.07, 6.45) is 1.08. The predicted octanol–water partition coefficient (Wildman–Crippen LogP) is 4.61. The third-order valence-corrected chi connectivity index (χ3v) is 4.09. The molecule has 0 spiro atoms. The first-order chi connectivity index (χ1) is 12.1. The molecule has 152 valence electrons. The standard InChI is InChI=1S/C19H24ClFN2O2.2ClH/c1-22-8-3-9-23-12-14-4-7-18(19(10-14)24-2)25-13-15-5-6-16(21)11-17(15)20;;/h4-7,10-11,22-23H,3,8-9,12-13H2,1-2H3;2*1H. The van der Waals surface area contributed by atoms with Crippen LogP contribution >= 0.6 is 36.4 Å². The average molecular weight is 440 g/mol. The van der Waals surface area contributed by atoms with Crippen LogP contribution in [0.3, 0.4) is 0 Å². The van der Waals surface area contributed by atoms with Crippen molar-refractivity contribution in [2.45, 2.75) is 19.6 Å². The third-order valence-electron chi connectivity index (χ3n) is 3.74. The van der Waals surface area contributed by atoms with Crippen LogP contribution in [0.4, 0.5) is 4.39 Å². The Morgan fingerprint density at radius 3 is 2.48 bits per heavy atom. The number of rotatable bonds is 10. The van der Waals surface area contributed by atoms with Crippen LogP contribution in [0.1, 0.15) is 17.5 Å². The van der Waals surface area contributed by atoms with Crippen LogP contribution in [0.25, 0.3) is 0 Å². The topological polar surface area (TPSA) is 42.5 Å². The first-order valence-electron chi connectivity index (χ1n) is 8.23. The van der Waals surface area contributed by atoms with Gasteiger partial charge in [-0.2, -0.15) is 0 Å². The summed E-state index contributed by atoms with van der Waals surface area (Å²) < 4.78 is 24.3. The van der Waals surface area contributed by atoms with Gasteiger partial charge in [-0.25, -0.2) is 4.39 Å². The molecule has 2 rings (SSSR count). The van der Waals surface area contributed by atoms with Crippen molar-refractivity contribution in [3.05, 3.63) is 58.4 Å². The van der Waals surface area contributed by atoms with Gasteiger partial charge in [0.25, 0.3) is 0 Å². The Bertz CT molecular complexity index is 690. The van der Waals surface area contributed by atoms with Crippen molar-refractivity contribution in [3.8, 4) is 11.5 Å². The van der Waals surface area contributed by atoms with Crippen LogP contribution in [0, 0.1) is 5.82 Å². The van der Waals surface area contributed by atoms with Crippen LogP contribution in [0.2, 0.25) is 5.02 Å². The number of ether oxygens (including phenoxy) is 2. The summed E-state index contributed by atoms with van der Waals surface area (Å²) in [5.74, 6) is 0.924. The number of hydrogen-bond donors (Lipinski definition) is 2. The van der Waals surface area contributed by atoms with Gasteiger partial charge in [0.2, 0.25) is 0 Å². The summed E-state index contributed by atoms with van der Waals surface area (Å²) >= 11 is 6.02. The molecule has 8 heteroatoms. The maximum atomic E-state index is 13.1. The molecule has 27 heavy (non-hydrogen) atoms. The van der Waals surface area contributed by atoms with Crippen molar-refractivity contribution in [1.82, 2.24) is 10.6 Å². The molecule has 0 saturated carbocycles. The Morgan fingerprint density at radius 1 is 1.04 bits per heavy atom. The maximum absolute atomic E-state index is 13.1. The quantitative estimate of drug-likeness (QED) is 0.531. The highest BCUT2D eigenvalue weighted by molar-refractivity contribution is 6.31. The summed E-state index contributed by atoms with van der Waals surface area (Å²) in [5.41, 5.74) is 1.84. The van der Waals surface area contributed by atoms with Gasteiger partial charge in [-0.1, -0.05) is 23.7 Å². The fraction of sp³-hybridized carbons (Fsp3) is 0.368. The van der Waals surface area contributed by atoms with Gasteiger partial charge in [0.15, 0.2) is 11.5 Å². The Balaban J connectivity index is 0.00000338. The van der Waals surface area contributed by atoms with E-state index in [-0.39, 0.29) is 37.2 Å². The van der Waals surface area contributed by atoms with E-state index in [4.69, 9.17) is 21.1 Å². The second-order valence-electron chi connectivity index (χ2n) is 5.64. The first-order valence-corrected chi connectivity index (χ1v) is 8.60. The van der Waals surface area contributed by atoms with Crippen LogP contribution in [-0.2, 0) is 13.2 Å². The lowest BCUT2D eigenvalue weighted by molar-refractivity contribution is 0.284. The molecule has 0 saturated heterocycles. The minimum Gasteiger partial charge on any atom is -0.493 e. The zero-order chi connectivity index (χ0) is 18.1. The summed E-state index contributed by atoms with van der Waals surface area (Å²) in [6.45, 7) is 2.96. The highest BCUT2D eigenvalue weighted by atomic mass is 35.5.